The average Bonchev–Trinajstić information content (AvgIpc) is 3.12. The van der Waals surface area contributed by atoms with Gasteiger partial charge in [-0.3, -0.25) is 0 Å². The summed E-state index contributed by atoms with van der Waals surface area (Å²) in [5, 5.41) is 26.4. The van der Waals surface area contributed by atoms with Crippen molar-refractivity contribution in [3.8, 4) is 17.8 Å². The van der Waals surface area contributed by atoms with Gasteiger partial charge in [0, 0.05) is 5.69 Å². The van der Waals surface area contributed by atoms with Crippen molar-refractivity contribution in [1.82, 2.24) is 19.7 Å². The largest absolute Gasteiger partial charge is 0.340 e. The fraction of sp³-hybridized carbons (Fsp3) is 0.0500. The molecule has 0 aliphatic heterocycles. The Balaban J connectivity index is 1.77. The second kappa shape index (κ2) is 6.58. The van der Waals surface area contributed by atoms with Gasteiger partial charge in [-0.2, -0.15) is 15.6 Å². The van der Waals surface area contributed by atoms with E-state index in [0.29, 0.717) is 28.4 Å². The summed E-state index contributed by atoms with van der Waals surface area (Å²) in [5.74, 6) is 1.25. The maximum absolute atomic E-state index is 8.96. The van der Waals surface area contributed by atoms with Crippen molar-refractivity contribution < 1.29 is 0 Å². The Bertz CT molecular complexity index is 1210. The Morgan fingerprint density at radius 3 is 2.15 bits per heavy atom. The van der Waals surface area contributed by atoms with Crippen LogP contribution in [0.1, 0.15) is 17.0 Å². The van der Waals surface area contributed by atoms with Gasteiger partial charge < -0.3 is 5.32 Å². The van der Waals surface area contributed by atoms with Crippen LogP contribution in [0.4, 0.5) is 11.5 Å². The molecule has 0 saturated carbocycles. The van der Waals surface area contributed by atoms with Crippen LogP contribution in [0.25, 0.3) is 16.7 Å². The number of nitrogens with zero attached hydrogens (tertiary/aromatic N) is 6. The van der Waals surface area contributed by atoms with E-state index < -0.39 is 0 Å². The monoisotopic (exact) mass is 351 g/mol. The maximum atomic E-state index is 8.96. The predicted octanol–water partition coefficient (Wildman–Crippen LogP) is 3.61. The smallest absolute Gasteiger partial charge is 0.168 e. The zero-order valence-corrected chi connectivity index (χ0v) is 14.4. The molecule has 0 radical (unpaired) electrons. The van der Waals surface area contributed by atoms with Crippen molar-refractivity contribution in [2.45, 2.75) is 6.92 Å². The van der Waals surface area contributed by atoms with Crippen LogP contribution in [-0.2, 0) is 0 Å². The van der Waals surface area contributed by atoms with Gasteiger partial charge in [0.25, 0.3) is 0 Å². The molecule has 2 aromatic heterocycles. The Labute approximate surface area is 155 Å². The third-order valence-electron chi connectivity index (χ3n) is 4.06. The molecule has 0 atom stereocenters. The molecule has 7 nitrogen and oxygen atoms in total. The van der Waals surface area contributed by atoms with Crippen LogP contribution >= 0.6 is 0 Å². The first-order valence-electron chi connectivity index (χ1n) is 8.18. The lowest BCUT2D eigenvalue weighted by Gasteiger charge is -2.08. The molecule has 0 aliphatic carbocycles. The number of nitrogens with one attached hydrogen (secondary N) is 1. The first-order chi connectivity index (χ1) is 13.2. The van der Waals surface area contributed by atoms with Crippen LogP contribution in [0, 0.1) is 29.6 Å². The molecule has 0 unspecified atom stereocenters. The summed E-state index contributed by atoms with van der Waals surface area (Å²) in [6, 6.07) is 18.5. The van der Waals surface area contributed by atoms with Crippen molar-refractivity contribution >= 4 is 22.5 Å². The molecule has 0 fully saturated rings. The van der Waals surface area contributed by atoms with Crippen LogP contribution in [0.15, 0.2) is 54.7 Å². The SMILES string of the molecule is Cc1nc(Nc2ccc(C#N)cc2)c2cnn(-c3ccc(C#N)cc3)c2n1. The molecule has 0 aliphatic rings. The molecule has 4 aromatic rings. The number of anilines is 2. The molecule has 2 aromatic carbocycles. The first kappa shape index (κ1) is 16.2. The quantitative estimate of drug-likeness (QED) is 0.605. The zero-order chi connectivity index (χ0) is 18.8. The number of nitriles is 2. The number of hydrogen-bond acceptors (Lipinski definition) is 6. The van der Waals surface area contributed by atoms with Crippen molar-refractivity contribution in [3.63, 3.8) is 0 Å². The third kappa shape index (κ3) is 3.06. The molecule has 2 heterocycles. The minimum absolute atomic E-state index is 0.587. The van der Waals surface area contributed by atoms with Crippen LogP contribution in [0.2, 0.25) is 0 Å². The lowest BCUT2D eigenvalue weighted by Crippen LogP contribution is -2.02. The minimum atomic E-state index is 0.587. The fourth-order valence-corrected chi connectivity index (χ4v) is 2.74. The highest BCUT2D eigenvalue weighted by Gasteiger charge is 2.13. The van der Waals surface area contributed by atoms with E-state index in [1.807, 2.05) is 31.2 Å². The third-order valence-corrected chi connectivity index (χ3v) is 4.06. The lowest BCUT2D eigenvalue weighted by molar-refractivity contribution is 0.889. The molecule has 27 heavy (non-hydrogen) atoms. The van der Waals surface area contributed by atoms with Gasteiger partial charge >= 0.3 is 0 Å². The van der Waals surface area contributed by atoms with Gasteiger partial charge in [-0.15, -0.1) is 0 Å². The molecule has 0 amide bonds. The van der Waals surface area contributed by atoms with E-state index in [9.17, 15) is 0 Å². The second-order valence-electron chi connectivity index (χ2n) is 5.89. The van der Waals surface area contributed by atoms with Gasteiger partial charge in [0.2, 0.25) is 0 Å². The summed E-state index contributed by atoms with van der Waals surface area (Å²) in [6.45, 7) is 1.82. The highest BCUT2D eigenvalue weighted by Crippen LogP contribution is 2.25. The summed E-state index contributed by atoms with van der Waals surface area (Å²) >= 11 is 0. The molecule has 0 saturated heterocycles. The maximum Gasteiger partial charge on any atom is 0.168 e. The standard InChI is InChI=1S/C20H13N7/c1-13-24-19(26-16-6-2-14(10-21)3-7-16)18-12-23-27(20(18)25-13)17-8-4-15(11-22)5-9-17/h2-9,12H,1H3,(H,24,25,26). The van der Waals surface area contributed by atoms with Crippen molar-refractivity contribution in [3.05, 3.63) is 71.7 Å². The summed E-state index contributed by atoms with van der Waals surface area (Å²) in [7, 11) is 0. The first-order valence-corrected chi connectivity index (χ1v) is 8.18. The van der Waals surface area contributed by atoms with E-state index in [-0.39, 0.29) is 0 Å². The van der Waals surface area contributed by atoms with E-state index in [1.165, 1.54) is 0 Å². The van der Waals surface area contributed by atoms with E-state index in [4.69, 9.17) is 10.5 Å². The molecular formula is C20H13N7. The fourth-order valence-electron chi connectivity index (χ4n) is 2.74. The molecule has 0 bridgehead atoms. The summed E-state index contributed by atoms with van der Waals surface area (Å²) in [4.78, 5) is 9.02. The molecular weight excluding hydrogens is 338 g/mol. The molecule has 128 valence electrons. The molecule has 1 N–H and O–H groups in total. The lowest BCUT2D eigenvalue weighted by atomic mass is 10.2. The van der Waals surface area contributed by atoms with Gasteiger partial charge in [-0.1, -0.05) is 0 Å². The highest BCUT2D eigenvalue weighted by molar-refractivity contribution is 5.89. The average molecular weight is 351 g/mol. The summed E-state index contributed by atoms with van der Waals surface area (Å²) < 4.78 is 1.72. The number of aryl methyl sites for hydroxylation is 1. The second-order valence-corrected chi connectivity index (χ2v) is 5.89. The van der Waals surface area contributed by atoms with Gasteiger partial charge in [-0.05, 0) is 55.5 Å². The Hall–Kier alpha value is -4.23. The number of benzene rings is 2. The predicted molar refractivity (Wildman–Crippen MR) is 101 cm³/mol. The van der Waals surface area contributed by atoms with Gasteiger partial charge in [0.1, 0.15) is 11.6 Å². The highest BCUT2D eigenvalue weighted by atomic mass is 15.3. The van der Waals surface area contributed by atoms with E-state index in [0.717, 1.165) is 16.8 Å². The van der Waals surface area contributed by atoms with Crippen LogP contribution in [0.5, 0.6) is 0 Å². The van der Waals surface area contributed by atoms with E-state index in [1.54, 1.807) is 35.1 Å². The van der Waals surface area contributed by atoms with Crippen LogP contribution in [-0.4, -0.2) is 19.7 Å². The topological polar surface area (TPSA) is 103 Å². The van der Waals surface area contributed by atoms with Crippen LogP contribution < -0.4 is 5.32 Å². The number of fused-ring (bicyclic) bond motifs is 1. The molecule has 4 rings (SSSR count). The van der Waals surface area contributed by atoms with Gasteiger partial charge in [0.05, 0.1) is 40.5 Å². The number of hydrogen-bond donors (Lipinski definition) is 1. The van der Waals surface area contributed by atoms with E-state index >= 15 is 0 Å². The molecule has 7 heteroatoms. The van der Waals surface area contributed by atoms with Crippen molar-refractivity contribution in [2.24, 2.45) is 0 Å². The Morgan fingerprint density at radius 2 is 1.52 bits per heavy atom. The zero-order valence-electron chi connectivity index (χ0n) is 14.4. The van der Waals surface area contributed by atoms with Crippen molar-refractivity contribution in [2.75, 3.05) is 5.32 Å². The summed E-state index contributed by atoms with van der Waals surface area (Å²) in [5.41, 5.74) is 3.48. The van der Waals surface area contributed by atoms with Crippen molar-refractivity contribution in [1.29, 1.82) is 10.5 Å². The number of rotatable bonds is 3. The van der Waals surface area contributed by atoms with Gasteiger partial charge in [0.15, 0.2) is 5.65 Å². The van der Waals surface area contributed by atoms with E-state index in [2.05, 4.69) is 32.5 Å². The minimum Gasteiger partial charge on any atom is -0.340 e. The van der Waals surface area contributed by atoms with Crippen LogP contribution in [0.3, 0.4) is 0 Å². The number of aromatic nitrogens is 4. The summed E-state index contributed by atoms with van der Waals surface area (Å²) in [6.07, 6.45) is 1.71. The Kier molecular flexibility index (Phi) is 3.96. The Morgan fingerprint density at radius 1 is 0.889 bits per heavy atom. The van der Waals surface area contributed by atoms with Gasteiger partial charge in [-0.25, -0.2) is 14.6 Å². The molecule has 0 spiro atoms. The normalized spacial score (nSPS) is 10.3.